The van der Waals surface area contributed by atoms with E-state index in [1.54, 1.807) is 53.4 Å². The molecule has 0 saturated carbocycles. The largest absolute Gasteiger partial charge is 0.388 e. The molecule has 0 unspecified atom stereocenters. The lowest BCUT2D eigenvalue weighted by Crippen LogP contribution is -2.57. The highest BCUT2D eigenvalue weighted by atomic mass is 16.5. The Labute approximate surface area is 266 Å². The molecule has 3 aromatic carbocycles. The van der Waals surface area contributed by atoms with E-state index in [9.17, 15) is 24.6 Å². The van der Waals surface area contributed by atoms with Gasteiger partial charge in [-0.25, -0.2) is 0 Å². The van der Waals surface area contributed by atoms with Gasteiger partial charge in [-0.3, -0.25) is 14.4 Å². The average molecular weight is 618 g/mol. The van der Waals surface area contributed by atoms with Gasteiger partial charge < -0.3 is 30.5 Å². The van der Waals surface area contributed by atoms with Gasteiger partial charge in [0.2, 0.25) is 0 Å². The van der Waals surface area contributed by atoms with Crippen LogP contribution in [0.5, 0.6) is 0 Å². The summed E-state index contributed by atoms with van der Waals surface area (Å²) in [6.45, 7) is 7.34. The number of nitrogens with one attached hydrogen (secondary N) is 2. The molecule has 242 valence electrons. The normalized spacial score (nSPS) is 13.7. The van der Waals surface area contributed by atoms with Crippen molar-refractivity contribution in [1.82, 2.24) is 15.5 Å². The summed E-state index contributed by atoms with van der Waals surface area (Å²) in [6, 6.07) is 21.2. The summed E-state index contributed by atoms with van der Waals surface area (Å²) < 4.78 is 5.21. The number of hydrogen-bond acceptors (Lipinski definition) is 6. The summed E-state index contributed by atoms with van der Waals surface area (Å²) in [7, 11) is 1.52. The second kappa shape index (κ2) is 18.0. The fraction of sp³-hybridized carbons (Fsp3) is 0.417. The van der Waals surface area contributed by atoms with Crippen molar-refractivity contribution in [1.29, 1.82) is 0 Å². The Hall–Kier alpha value is -4.05. The third kappa shape index (κ3) is 10.5. The summed E-state index contributed by atoms with van der Waals surface area (Å²) in [5, 5.41) is 28.7. The number of carbonyl (C=O) groups excluding carboxylic acids is 3. The number of ether oxygens (including phenoxy) is 1. The van der Waals surface area contributed by atoms with Crippen LogP contribution in [0.1, 0.15) is 75.3 Å². The highest BCUT2D eigenvalue weighted by Crippen LogP contribution is 2.17. The zero-order chi connectivity index (χ0) is 32.8. The number of aryl methyl sites for hydroxylation is 1. The Morgan fingerprint density at radius 2 is 1.29 bits per heavy atom. The molecule has 3 amide bonds. The van der Waals surface area contributed by atoms with Crippen LogP contribution in [-0.2, 0) is 11.2 Å². The van der Waals surface area contributed by atoms with Crippen molar-refractivity contribution in [2.45, 2.75) is 70.7 Å². The van der Waals surface area contributed by atoms with Gasteiger partial charge in [0, 0.05) is 43.5 Å². The second-order valence-corrected chi connectivity index (χ2v) is 11.4. The molecular formula is C36H47N3O6. The van der Waals surface area contributed by atoms with Crippen molar-refractivity contribution < 1.29 is 29.3 Å². The first-order valence-electron chi connectivity index (χ1n) is 15.6. The lowest BCUT2D eigenvalue weighted by molar-refractivity contribution is -0.0268. The predicted molar refractivity (Wildman–Crippen MR) is 175 cm³/mol. The number of nitrogens with zero attached hydrogens (tertiary/aromatic N) is 1. The van der Waals surface area contributed by atoms with Gasteiger partial charge >= 0.3 is 0 Å². The van der Waals surface area contributed by atoms with E-state index >= 15 is 0 Å². The average Bonchev–Trinajstić information content (AvgIpc) is 3.05. The van der Waals surface area contributed by atoms with Gasteiger partial charge in [-0.15, -0.1) is 0 Å². The molecule has 0 aliphatic rings. The minimum atomic E-state index is -1.46. The molecule has 0 radical (unpaired) electrons. The van der Waals surface area contributed by atoms with E-state index in [2.05, 4.69) is 10.6 Å². The summed E-state index contributed by atoms with van der Waals surface area (Å²) in [6.07, 6.45) is -0.801. The first-order chi connectivity index (χ1) is 21.7. The second-order valence-electron chi connectivity index (χ2n) is 11.4. The summed E-state index contributed by atoms with van der Waals surface area (Å²) >= 11 is 0. The molecule has 4 atom stereocenters. The van der Waals surface area contributed by atoms with Crippen LogP contribution in [0, 0.1) is 6.92 Å². The van der Waals surface area contributed by atoms with Crippen LogP contribution >= 0.6 is 0 Å². The molecule has 9 nitrogen and oxygen atoms in total. The Morgan fingerprint density at radius 3 is 1.89 bits per heavy atom. The van der Waals surface area contributed by atoms with Gasteiger partial charge in [0.25, 0.3) is 17.7 Å². The maximum atomic E-state index is 13.7. The van der Waals surface area contributed by atoms with E-state index in [0.29, 0.717) is 24.2 Å². The fourth-order valence-corrected chi connectivity index (χ4v) is 5.34. The van der Waals surface area contributed by atoms with Crippen molar-refractivity contribution in [2.24, 2.45) is 0 Å². The molecular weight excluding hydrogens is 570 g/mol. The molecule has 45 heavy (non-hydrogen) atoms. The quantitative estimate of drug-likeness (QED) is 0.180. The van der Waals surface area contributed by atoms with E-state index in [0.717, 1.165) is 24.0 Å². The number of methoxy groups -OCH3 is 1. The molecule has 0 spiro atoms. The molecule has 3 aromatic rings. The van der Waals surface area contributed by atoms with Gasteiger partial charge in [-0.05, 0) is 74.1 Å². The first kappa shape index (κ1) is 35.4. The number of benzene rings is 3. The number of carbonyl (C=O) groups is 3. The van der Waals surface area contributed by atoms with E-state index in [4.69, 9.17) is 4.74 Å². The van der Waals surface area contributed by atoms with E-state index in [-0.39, 0.29) is 30.9 Å². The fourth-order valence-electron chi connectivity index (χ4n) is 5.34. The van der Waals surface area contributed by atoms with Crippen LogP contribution < -0.4 is 10.6 Å². The number of aliphatic hydroxyl groups excluding tert-OH is 2. The van der Waals surface area contributed by atoms with Crippen molar-refractivity contribution in [2.75, 3.05) is 26.8 Å². The highest BCUT2D eigenvalue weighted by molar-refractivity contribution is 6.00. The molecule has 4 N–H and O–H groups in total. The highest BCUT2D eigenvalue weighted by Gasteiger charge is 2.34. The maximum Gasteiger partial charge on any atom is 0.253 e. The van der Waals surface area contributed by atoms with Crippen LogP contribution in [0.25, 0.3) is 0 Å². The molecule has 0 heterocycles. The molecule has 0 aromatic heterocycles. The standard InChI is InChI=1S/C36H47N3O6/c1-5-18-39(19-6-2)36(44)29-22-25(3)21-28(24-29)35(43)38-31(23-26-13-9-7-10-14-26)33(41)32(40)30(17-20-45-4)37-34(42)27-15-11-8-12-16-27/h7-16,21-22,24,30-33,40-41H,5-6,17-20,23H2,1-4H3,(H,37,42)(H,38,43)/t30-,31+,32-,33-/m1/s1. The predicted octanol–water partition coefficient (Wildman–Crippen LogP) is 4.16. The number of amides is 3. The van der Waals surface area contributed by atoms with Crippen LogP contribution in [-0.4, -0.2) is 83.9 Å². The minimum absolute atomic E-state index is 0.136. The zero-order valence-corrected chi connectivity index (χ0v) is 26.7. The molecule has 0 aliphatic heterocycles. The van der Waals surface area contributed by atoms with Gasteiger partial charge in [-0.1, -0.05) is 62.4 Å². The monoisotopic (exact) mass is 617 g/mol. The smallest absolute Gasteiger partial charge is 0.253 e. The van der Waals surface area contributed by atoms with Crippen molar-refractivity contribution in [3.05, 3.63) is 107 Å². The Balaban J connectivity index is 1.88. The van der Waals surface area contributed by atoms with Gasteiger partial charge in [0.15, 0.2) is 0 Å². The lowest BCUT2D eigenvalue weighted by Gasteiger charge is -2.33. The van der Waals surface area contributed by atoms with Crippen molar-refractivity contribution in [3.63, 3.8) is 0 Å². The number of hydrogen-bond donors (Lipinski definition) is 4. The van der Waals surface area contributed by atoms with Gasteiger partial charge in [0.1, 0.15) is 12.2 Å². The maximum absolute atomic E-state index is 13.7. The SMILES string of the molecule is CCCN(CCC)C(=O)c1cc(C)cc(C(=O)N[C@@H](Cc2ccccc2)[C@@H](O)[C@H](O)[C@@H](CCOC)NC(=O)c2ccccc2)c1. The lowest BCUT2D eigenvalue weighted by atomic mass is 9.92. The first-order valence-corrected chi connectivity index (χ1v) is 15.6. The van der Waals surface area contributed by atoms with Crippen molar-refractivity contribution in [3.8, 4) is 0 Å². The van der Waals surface area contributed by atoms with E-state index in [1.165, 1.54) is 7.11 Å². The topological polar surface area (TPSA) is 128 Å². The molecule has 3 rings (SSSR count). The Kier molecular flexibility index (Phi) is 14.2. The van der Waals surface area contributed by atoms with Gasteiger partial charge in [-0.2, -0.15) is 0 Å². The van der Waals surface area contributed by atoms with Crippen LogP contribution in [0.3, 0.4) is 0 Å². The van der Waals surface area contributed by atoms with E-state index in [1.807, 2.05) is 51.1 Å². The Morgan fingerprint density at radius 1 is 0.756 bits per heavy atom. The number of rotatable bonds is 17. The summed E-state index contributed by atoms with van der Waals surface area (Å²) in [4.78, 5) is 41.8. The summed E-state index contributed by atoms with van der Waals surface area (Å²) in [5.74, 6) is -1.02. The van der Waals surface area contributed by atoms with Crippen LogP contribution in [0.4, 0.5) is 0 Å². The third-order valence-electron chi connectivity index (χ3n) is 7.64. The molecule has 0 aliphatic carbocycles. The van der Waals surface area contributed by atoms with Crippen molar-refractivity contribution >= 4 is 17.7 Å². The molecule has 9 heteroatoms. The molecule has 0 bridgehead atoms. The van der Waals surface area contributed by atoms with Crippen LogP contribution in [0.2, 0.25) is 0 Å². The molecule has 0 fully saturated rings. The van der Waals surface area contributed by atoms with Crippen LogP contribution in [0.15, 0.2) is 78.9 Å². The number of aliphatic hydroxyl groups is 2. The van der Waals surface area contributed by atoms with E-state index < -0.39 is 36.1 Å². The Bertz CT molecular complexity index is 1360. The third-order valence-corrected chi connectivity index (χ3v) is 7.64. The van der Waals surface area contributed by atoms with Gasteiger partial charge in [0.05, 0.1) is 12.1 Å². The zero-order valence-electron chi connectivity index (χ0n) is 26.7. The minimum Gasteiger partial charge on any atom is -0.388 e. The summed E-state index contributed by atoms with van der Waals surface area (Å²) in [5.41, 5.74) is 2.70. The molecule has 0 saturated heterocycles.